The van der Waals surface area contributed by atoms with Crippen LogP contribution in [0.3, 0.4) is 0 Å². The lowest BCUT2D eigenvalue weighted by Gasteiger charge is -2.35. The highest BCUT2D eigenvalue weighted by Gasteiger charge is 2.33. The van der Waals surface area contributed by atoms with Crippen molar-refractivity contribution in [2.75, 3.05) is 13.1 Å². The van der Waals surface area contributed by atoms with Crippen molar-refractivity contribution in [1.82, 2.24) is 24.2 Å². The molecule has 144 valence electrons. The molecule has 0 unspecified atom stereocenters. The molecular formula is C21H35N5. The summed E-state index contributed by atoms with van der Waals surface area (Å²) in [5, 5.41) is 4.87. The largest absolute Gasteiger partial charge is 0.337 e. The van der Waals surface area contributed by atoms with Crippen molar-refractivity contribution in [3.8, 4) is 0 Å². The van der Waals surface area contributed by atoms with Crippen LogP contribution in [0.4, 0.5) is 0 Å². The van der Waals surface area contributed by atoms with Crippen molar-refractivity contribution in [3.63, 3.8) is 0 Å². The van der Waals surface area contributed by atoms with E-state index in [1.807, 2.05) is 12.4 Å². The molecule has 5 nitrogen and oxygen atoms in total. The number of hydrogen-bond acceptors (Lipinski definition) is 3. The normalized spacial score (nSPS) is 17.8. The van der Waals surface area contributed by atoms with Gasteiger partial charge in [-0.1, -0.05) is 41.5 Å². The first-order valence-electron chi connectivity index (χ1n) is 9.84. The summed E-state index contributed by atoms with van der Waals surface area (Å²) in [5.41, 5.74) is 3.02. The third-order valence-electron chi connectivity index (χ3n) is 5.50. The van der Waals surface area contributed by atoms with Crippen LogP contribution in [-0.2, 0) is 24.4 Å². The topological polar surface area (TPSA) is 38.9 Å². The molecule has 3 rings (SSSR count). The molecule has 0 atom stereocenters. The van der Waals surface area contributed by atoms with Crippen molar-refractivity contribution in [1.29, 1.82) is 0 Å². The predicted molar refractivity (Wildman–Crippen MR) is 106 cm³/mol. The summed E-state index contributed by atoms with van der Waals surface area (Å²) in [4.78, 5) is 6.99. The summed E-state index contributed by atoms with van der Waals surface area (Å²) in [6.07, 6.45) is 8.32. The first-order valence-corrected chi connectivity index (χ1v) is 9.84. The minimum Gasteiger partial charge on any atom is -0.337 e. The van der Waals surface area contributed by atoms with Crippen molar-refractivity contribution >= 4 is 0 Å². The van der Waals surface area contributed by atoms with Gasteiger partial charge < -0.3 is 4.57 Å². The van der Waals surface area contributed by atoms with Crippen LogP contribution in [0.25, 0.3) is 0 Å². The first kappa shape index (κ1) is 19.2. The Morgan fingerprint density at radius 1 is 1.04 bits per heavy atom. The molecule has 2 aromatic heterocycles. The van der Waals surface area contributed by atoms with Crippen LogP contribution < -0.4 is 0 Å². The molecule has 1 aliphatic heterocycles. The highest BCUT2D eigenvalue weighted by atomic mass is 15.3. The smallest absolute Gasteiger partial charge is 0.122 e. The van der Waals surface area contributed by atoms with E-state index in [-0.39, 0.29) is 10.8 Å². The number of piperidine rings is 1. The second-order valence-electron chi connectivity index (χ2n) is 9.81. The maximum absolute atomic E-state index is 4.87. The molecular weight excluding hydrogens is 322 g/mol. The minimum atomic E-state index is 0.100. The van der Waals surface area contributed by atoms with E-state index in [0.29, 0.717) is 6.04 Å². The van der Waals surface area contributed by atoms with Crippen LogP contribution in [0.5, 0.6) is 0 Å². The third kappa shape index (κ3) is 3.88. The van der Waals surface area contributed by atoms with E-state index in [4.69, 9.17) is 5.10 Å². The Hall–Kier alpha value is -1.62. The van der Waals surface area contributed by atoms with E-state index in [0.717, 1.165) is 38.3 Å². The van der Waals surface area contributed by atoms with Crippen LogP contribution >= 0.6 is 0 Å². The number of aromatic nitrogens is 4. The standard InChI is InChI=1S/C21H35N5/c1-20(2,3)17-14-23-26(19(17)21(4,5)6)16-8-11-25(12-9-16)15-18-22-10-13-24(18)7/h10,13-14,16H,8-9,11-12,15H2,1-7H3. The fraction of sp³-hybridized carbons (Fsp3) is 0.714. The van der Waals surface area contributed by atoms with Gasteiger partial charge in [0.15, 0.2) is 0 Å². The van der Waals surface area contributed by atoms with Gasteiger partial charge in [-0.3, -0.25) is 9.58 Å². The summed E-state index contributed by atoms with van der Waals surface area (Å²) in [5.74, 6) is 1.15. The quantitative estimate of drug-likeness (QED) is 0.832. The lowest BCUT2D eigenvalue weighted by atomic mass is 9.79. The Morgan fingerprint density at radius 2 is 1.69 bits per heavy atom. The van der Waals surface area contributed by atoms with Crippen molar-refractivity contribution in [3.05, 3.63) is 35.7 Å². The summed E-state index contributed by atoms with van der Waals surface area (Å²) >= 11 is 0. The van der Waals surface area contributed by atoms with Crippen LogP contribution in [0.1, 0.15) is 77.5 Å². The Balaban J connectivity index is 1.75. The Labute approximate surface area is 158 Å². The molecule has 0 aliphatic carbocycles. The lowest BCUT2D eigenvalue weighted by Crippen LogP contribution is -2.36. The van der Waals surface area contributed by atoms with Crippen LogP contribution in [0.15, 0.2) is 18.6 Å². The van der Waals surface area contributed by atoms with Gasteiger partial charge in [0.05, 0.1) is 18.8 Å². The lowest BCUT2D eigenvalue weighted by molar-refractivity contribution is 0.165. The van der Waals surface area contributed by atoms with Gasteiger partial charge in [0.2, 0.25) is 0 Å². The van der Waals surface area contributed by atoms with Gasteiger partial charge in [0.25, 0.3) is 0 Å². The fourth-order valence-electron chi connectivity index (χ4n) is 4.01. The summed E-state index contributed by atoms with van der Waals surface area (Å²) in [7, 11) is 2.07. The van der Waals surface area contributed by atoms with E-state index < -0.39 is 0 Å². The molecule has 26 heavy (non-hydrogen) atoms. The molecule has 2 aromatic rings. The van der Waals surface area contributed by atoms with Crippen molar-refractivity contribution in [2.24, 2.45) is 7.05 Å². The number of rotatable bonds is 3. The monoisotopic (exact) mass is 357 g/mol. The third-order valence-corrected chi connectivity index (χ3v) is 5.50. The molecule has 3 heterocycles. The zero-order chi connectivity index (χ0) is 19.1. The Bertz CT molecular complexity index is 733. The molecule has 0 amide bonds. The number of nitrogens with zero attached hydrogens (tertiary/aromatic N) is 5. The van der Waals surface area contributed by atoms with Gasteiger partial charge in [-0.2, -0.15) is 5.10 Å². The van der Waals surface area contributed by atoms with Gasteiger partial charge in [-0.15, -0.1) is 0 Å². The van der Waals surface area contributed by atoms with Crippen LogP contribution in [0.2, 0.25) is 0 Å². The highest BCUT2D eigenvalue weighted by Crippen LogP contribution is 2.37. The molecule has 0 aromatic carbocycles. The second kappa shape index (κ2) is 6.84. The van der Waals surface area contributed by atoms with E-state index in [9.17, 15) is 0 Å². The summed E-state index contributed by atoms with van der Waals surface area (Å²) in [6, 6.07) is 0.498. The Morgan fingerprint density at radius 3 is 2.19 bits per heavy atom. The zero-order valence-electron chi connectivity index (χ0n) is 17.6. The summed E-state index contributed by atoms with van der Waals surface area (Å²) in [6.45, 7) is 17.0. The maximum atomic E-state index is 4.87. The number of likely N-dealkylation sites (tertiary alicyclic amines) is 1. The molecule has 5 heteroatoms. The molecule has 0 spiro atoms. The van der Waals surface area contributed by atoms with E-state index in [1.165, 1.54) is 11.3 Å². The van der Waals surface area contributed by atoms with E-state index >= 15 is 0 Å². The molecule has 1 aliphatic rings. The predicted octanol–water partition coefficient (Wildman–Crippen LogP) is 4.05. The average Bonchev–Trinajstić information content (AvgIpc) is 3.14. The SMILES string of the molecule is Cn1ccnc1CN1CCC(n2ncc(C(C)(C)C)c2C(C)(C)C)CC1. The molecule has 0 saturated carbocycles. The van der Waals surface area contributed by atoms with Gasteiger partial charge in [-0.25, -0.2) is 4.98 Å². The maximum Gasteiger partial charge on any atom is 0.122 e. The fourth-order valence-corrected chi connectivity index (χ4v) is 4.01. The Kier molecular flexibility index (Phi) is 5.04. The molecule has 1 saturated heterocycles. The number of imidazole rings is 1. The van der Waals surface area contributed by atoms with Crippen molar-refractivity contribution in [2.45, 2.75) is 77.8 Å². The number of hydrogen-bond donors (Lipinski definition) is 0. The van der Waals surface area contributed by atoms with Crippen LogP contribution in [-0.4, -0.2) is 37.3 Å². The minimum absolute atomic E-state index is 0.100. The highest BCUT2D eigenvalue weighted by molar-refractivity contribution is 5.31. The van der Waals surface area contributed by atoms with Gasteiger partial charge >= 0.3 is 0 Å². The molecule has 1 fully saturated rings. The van der Waals surface area contributed by atoms with Gasteiger partial charge in [0.1, 0.15) is 5.82 Å². The van der Waals surface area contributed by atoms with Crippen molar-refractivity contribution < 1.29 is 0 Å². The van der Waals surface area contributed by atoms with Gasteiger partial charge in [0, 0.05) is 43.6 Å². The summed E-state index contributed by atoms with van der Waals surface area (Å²) < 4.78 is 4.46. The zero-order valence-corrected chi connectivity index (χ0v) is 17.6. The van der Waals surface area contributed by atoms with E-state index in [2.05, 4.69) is 73.9 Å². The van der Waals surface area contributed by atoms with E-state index in [1.54, 1.807) is 0 Å². The van der Waals surface area contributed by atoms with Gasteiger partial charge in [-0.05, 0) is 23.8 Å². The second-order valence-corrected chi connectivity index (χ2v) is 9.81. The molecule has 0 N–H and O–H groups in total. The van der Waals surface area contributed by atoms with Crippen LogP contribution in [0, 0.1) is 0 Å². The first-order chi connectivity index (χ1) is 12.1. The average molecular weight is 358 g/mol. The molecule has 0 bridgehead atoms. The molecule has 0 radical (unpaired) electrons. The number of aryl methyl sites for hydroxylation is 1.